The predicted molar refractivity (Wildman–Crippen MR) is 80.8 cm³/mol. The molecule has 5 heteroatoms. The average Bonchev–Trinajstić information content (AvgIpc) is 2.86. The van der Waals surface area contributed by atoms with Crippen molar-refractivity contribution in [1.29, 1.82) is 0 Å². The van der Waals surface area contributed by atoms with Gasteiger partial charge < -0.3 is 14.5 Å². The standard InChI is InChI=1S/C17H17NO4/c1-10-15-11(6-5-7-12(15)19)18-16(10)17(20)22-14-9-4-3-8-13(14)21-2/h3-4,8-9,18H,5-7H2,1-2H3. The third-order valence-corrected chi connectivity index (χ3v) is 3.91. The number of fused-ring (bicyclic) bond motifs is 1. The zero-order chi connectivity index (χ0) is 15.7. The molecule has 0 saturated carbocycles. The molecule has 0 radical (unpaired) electrons. The number of rotatable bonds is 3. The van der Waals surface area contributed by atoms with E-state index in [9.17, 15) is 9.59 Å². The molecule has 1 N–H and O–H groups in total. The smallest absolute Gasteiger partial charge is 0.360 e. The molecule has 1 heterocycles. The molecule has 0 aliphatic heterocycles. The summed E-state index contributed by atoms with van der Waals surface area (Å²) in [4.78, 5) is 27.5. The van der Waals surface area contributed by atoms with Crippen LogP contribution in [0.1, 0.15) is 44.9 Å². The summed E-state index contributed by atoms with van der Waals surface area (Å²) >= 11 is 0. The highest BCUT2D eigenvalue weighted by molar-refractivity contribution is 6.03. The fourth-order valence-electron chi connectivity index (χ4n) is 2.83. The van der Waals surface area contributed by atoms with Gasteiger partial charge in [0.25, 0.3) is 0 Å². The Morgan fingerprint density at radius 1 is 1.18 bits per heavy atom. The number of benzene rings is 1. The topological polar surface area (TPSA) is 68.4 Å². The summed E-state index contributed by atoms with van der Waals surface area (Å²) in [5.41, 5.74) is 2.49. The Kier molecular flexibility index (Phi) is 3.71. The van der Waals surface area contributed by atoms with Gasteiger partial charge in [-0.25, -0.2) is 4.79 Å². The van der Waals surface area contributed by atoms with E-state index in [1.807, 2.05) is 0 Å². The highest BCUT2D eigenvalue weighted by atomic mass is 16.6. The number of H-pyrrole nitrogens is 1. The normalized spacial score (nSPS) is 13.6. The number of para-hydroxylation sites is 2. The van der Waals surface area contributed by atoms with Crippen LogP contribution >= 0.6 is 0 Å². The van der Waals surface area contributed by atoms with E-state index in [0.717, 1.165) is 18.5 Å². The van der Waals surface area contributed by atoms with Gasteiger partial charge in [-0.1, -0.05) is 12.1 Å². The molecular weight excluding hydrogens is 282 g/mol. The van der Waals surface area contributed by atoms with Crippen molar-refractivity contribution >= 4 is 11.8 Å². The van der Waals surface area contributed by atoms with Crippen LogP contribution in [-0.4, -0.2) is 23.8 Å². The highest BCUT2D eigenvalue weighted by Crippen LogP contribution is 2.29. The largest absolute Gasteiger partial charge is 0.493 e. The third-order valence-electron chi connectivity index (χ3n) is 3.91. The summed E-state index contributed by atoms with van der Waals surface area (Å²) in [6.07, 6.45) is 2.13. The summed E-state index contributed by atoms with van der Waals surface area (Å²) in [6.45, 7) is 1.78. The first kappa shape index (κ1) is 14.4. The van der Waals surface area contributed by atoms with Crippen molar-refractivity contribution in [3.8, 4) is 11.5 Å². The molecule has 0 fully saturated rings. The van der Waals surface area contributed by atoms with Crippen LogP contribution in [0.15, 0.2) is 24.3 Å². The number of aromatic amines is 1. The quantitative estimate of drug-likeness (QED) is 0.698. The predicted octanol–water partition coefficient (Wildman–Crippen LogP) is 3.07. The molecule has 0 atom stereocenters. The lowest BCUT2D eigenvalue weighted by atomic mass is 9.94. The van der Waals surface area contributed by atoms with Gasteiger partial charge in [-0.3, -0.25) is 4.79 Å². The first-order valence-corrected chi connectivity index (χ1v) is 7.21. The van der Waals surface area contributed by atoms with E-state index >= 15 is 0 Å². The highest BCUT2D eigenvalue weighted by Gasteiger charge is 2.27. The van der Waals surface area contributed by atoms with Gasteiger partial charge in [-0.2, -0.15) is 0 Å². The number of aryl methyl sites for hydroxylation is 1. The van der Waals surface area contributed by atoms with Crippen molar-refractivity contribution in [2.24, 2.45) is 0 Å². The summed E-state index contributed by atoms with van der Waals surface area (Å²) in [5.74, 6) is 0.421. The molecule has 1 aromatic carbocycles. The number of hydrogen-bond acceptors (Lipinski definition) is 4. The maximum atomic E-state index is 12.4. The molecule has 0 saturated heterocycles. The second kappa shape index (κ2) is 5.67. The van der Waals surface area contributed by atoms with Crippen LogP contribution in [0.4, 0.5) is 0 Å². The van der Waals surface area contributed by atoms with E-state index in [-0.39, 0.29) is 5.78 Å². The zero-order valence-electron chi connectivity index (χ0n) is 12.6. The Labute approximate surface area is 128 Å². The Morgan fingerprint density at radius 2 is 1.91 bits per heavy atom. The SMILES string of the molecule is COc1ccccc1OC(=O)c1[nH]c2c(c1C)C(=O)CCC2. The maximum absolute atomic E-state index is 12.4. The van der Waals surface area contributed by atoms with E-state index < -0.39 is 5.97 Å². The van der Waals surface area contributed by atoms with Crippen LogP contribution in [0.25, 0.3) is 0 Å². The molecule has 5 nitrogen and oxygen atoms in total. The van der Waals surface area contributed by atoms with Gasteiger partial charge in [0.1, 0.15) is 5.69 Å². The van der Waals surface area contributed by atoms with Gasteiger partial charge in [0.05, 0.1) is 7.11 Å². The van der Waals surface area contributed by atoms with Crippen molar-refractivity contribution in [2.45, 2.75) is 26.2 Å². The number of carbonyl (C=O) groups excluding carboxylic acids is 2. The lowest BCUT2D eigenvalue weighted by Crippen LogP contribution is -2.11. The molecular formula is C17H17NO4. The van der Waals surface area contributed by atoms with E-state index in [0.29, 0.717) is 34.7 Å². The number of Topliss-reactive ketones (excluding diaryl/α,β-unsaturated/α-hetero) is 1. The average molecular weight is 299 g/mol. The first-order valence-electron chi connectivity index (χ1n) is 7.21. The summed E-state index contributed by atoms with van der Waals surface area (Å²) in [5, 5.41) is 0. The summed E-state index contributed by atoms with van der Waals surface area (Å²) < 4.78 is 10.6. The molecule has 0 amide bonds. The number of methoxy groups -OCH3 is 1. The lowest BCUT2D eigenvalue weighted by molar-refractivity contribution is 0.0723. The molecule has 0 bridgehead atoms. The molecule has 22 heavy (non-hydrogen) atoms. The molecule has 2 aromatic rings. The number of hydrogen-bond donors (Lipinski definition) is 1. The van der Waals surface area contributed by atoms with Gasteiger partial charge in [0.15, 0.2) is 17.3 Å². The molecule has 0 unspecified atom stereocenters. The number of aromatic nitrogens is 1. The third kappa shape index (κ3) is 2.39. The van der Waals surface area contributed by atoms with Gasteiger partial charge in [-0.05, 0) is 37.5 Å². The number of esters is 1. The zero-order valence-corrected chi connectivity index (χ0v) is 12.6. The van der Waals surface area contributed by atoms with Crippen LogP contribution < -0.4 is 9.47 Å². The second-order valence-corrected chi connectivity index (χ2v) is 5.30. The van der Waals surface area contributed by atoms with E-state index in [1.54, 1.807) is 31.2 Å². The van der Waals surface area contributed by atoms with Crippen LogP contribution in [-0.2, 0) is 6.42 Å². The van der Waals surface area contributed by atoms with Crippen molar-refractivity contribution in [3.05, 3.63) is 46.8 Å². The van der Waals surface area contributed by atoms with Crippen molar-refractivity contribution in [2.75, 3.05) is 7.11 Å². The Bertz CT molecular complexity index is 745. The molecule has 1 aliphatic rings. The Balaban J connectivity index is 1.92. The monoisotopic (exact) mass is 299 g/mol. The number of ketones is 1. The molecule has 1 aliphatic carbocycles. The number of carbonyl (C=O) groups is 2. The van der Waals surface area contributed by atoms with Gasteiger partial charge in [-0.15, -0.1) is 0 Å². The van der Waals surface area contributed by atoms with Crippen molar-refractivity contribution in [3.63, 3.8) is 0 Å². The lowest BCUT2D eigenvalue weighted by Gasteiger charge is -2.09. The van der Waals surface area contributed by atoms with Crippen LogP contribution in [0, 0.1) is 6.92 Å². The van der Waals surface area contributed by atoms with Crippen LogP contribution in [0.2, 0.25) is 0 Å². The first-order chi connectivity index (χ1) is 10.6. The molecule has 114 valence electrons. The summed E-state index contributed by atoms with van der Waals surface area (Å²) in [7, 11) is 1.52. The molecule has 1 aromatic heterocycles. The van der Waals surface area contributed by atoms with Crippen LogP contribution in [0.5, 0.6) is 11.5 Å². The van der Waals surface area contributed by atoms with Gasteiger partial charge in [0, 0.05) is 17.7 Å². The van der Waals surface area contributed by atoms with Crippen molar-refractivity contribution < 1.29 is 19.1 Å². The van der Waals surface area contributed by atoms with E-state index in [1.165, 1.54) is 7.11 Å². The van der Waals surface area contributed by atoms with Gasteiger partial charge in [0.2, 0.25) is 0 Å². The van der Waals surface area contributed by atoms with Gasteiger partial charge >= 0.3 is 5.97 Å². The number of nitrogens with one attached hydrogen (secondary N) is 1. The maximum Gasteiger partial charge on any atom is 0.360 e. The molecule has 3 rings (SSSR count). The second-order valence-electron chi connectivity index (χ2n) is 5.30. The van der Waals surface area contributed by atoms with E-state index in [2.05, 4.69) is 4.98 Å². The molecule has 0 spiro atoms. The minimum Gasteiger partial charge on any atom is -0.493 e. The van der Waals surface area contributed by atoms with Crippen molar-refractivity contribution in [1.82, 2.24) is 4.98 Å². The fourth-order valence-corrected chi connectivity index (χ4v) is 2.83. The Hall–Kier alpha value is -2.56. The minimum atomic E-state index is -0.510. The number of ether oxygens (including phenoxy) is 2. The fraction of sp³-hybridized carbons (Fsp3) is 0.294. The van der Waals surface area contributed by atoms with E-state index in [4.69, 9.17) is 9.47 Å². The Morgan fingerprint density at radius 3 is 2.59 bits per heavy atom. The summed E-state index contributed by atoms with van der Waals surface area (Å²) in [6, 6.07) is 6.95. The minimum absolute atomic E-state index is 0.0892. The van der Waals surface area contributed by atoms with Crippen LogP contribution in [0.3, 0.4) is 0 Å².